The first-order chi connectivity index (χ1) is 13.7. The highest BCUT2D eigenvalue weighted by Crippen LogP contribution is 2.25. The topological polar surface area (TPSA) is 90.1 Å². The van der Waals surface area contributed by atoms with E-state index in [1.165, 1.54) is 30.3 Å². The smallest absolute Gasteiger partial charge is 0.273 e. The summed E-state index contributed by atoms with van der Waals surface area (Å²) in [5.41, 5.74) is 2.99. The summed E-state index contributed by atoms with van der Waals surface area (Å²) < 4.78 is 14.9. The number of carbonyl (C=O) groups excluding carboxylic acids is 1. The van der Waals surface area contributed by atoms with Crippen LogP contribution < -0.4 is 5.32 Å². The molecule has 0 unspecified atom stereocenters. The van der Waals surface area contributed by atoms with Gasteiger partial charge in [-0.1, -0.05) is 23.7 Å². The number of nitrogens with zero attached hydrogens (tertiary/aromatic N) is 3. The highest BCUT2D eigenvalue weighted by atomic mass is 35.5. The van der Waals surface area contributed by atoms with Crippen molar-refractivity contribution in [1.82, 2.24) is 9.78 Å². The van der Waals surface area contributed by atoms with Gasteiger partial charge in [-0.3, -0.25) is 19.6 Å². The molecule has 1 heterocycles. The zero-order valence-electron chi connectivity index (χ0n) is 16.0. The van der Waals surface area contributed by atoms with Gasteiger partial charge in [0.2, 0.25) is 0 Å². The van der Waals surface area contributed by atoms with Crippen LogP contribution in [0.2, 0.25) is 5.02 Å². The quantitative estimate of drug-likeness (QED) is 0.477. The van der Waals surface area contributed by atoms with E-state index in [2.05, 4.69) is 10.4 Å². The molecule has 9 heteroatoms. The van der Waals surface area contributed by atoms with Gasteiger partial charge in [-0.2, -0.15) is 5.10 Å². The molecule has 0 aliphatic carbocycles. The molecule has 0 radical (unpaired) electrons. The number of hydrogen-bond acceptors (Lipinski definition) is 4. The second-order valence-corrected chi connectivity index (χ2v) is 7.06. The third kappa shape index (κ3) is 4.27. The minimum absolute atomic E-state index is 0.118. The van der Waals surface area contributed by atoms with E-state index < -0.39 is 16.6 Å². The molecule has 3 aromatic rings. The van der Waals surface area contributed by atoms with E-state index in [1.807, 2.05) is 0 Å². The first kappa shape index (κ1) is 20.5. The van der Waals surface area contributed by atoms with Crippen LogP contribution in [0.25, 0.3) is 0 Å². The van der Waals surface area contributed by atoms with E-state index in [0.717, 1.165) is 0 Å². The number of nitro benzene ring substituents is 1. The van der Waals surface area contributed by atoms with Gasteiger partial charge in [-0.05, 0) is 44.5 Å². The van der Waals surface area contributed by atoms with Crippen molar-refractivity contribution in [1.29, 1.82) is 0 Å². The molecule has 7 nitrogen and oxygen atoms in total. The largest absolute Gasteiger partial charge is 0.319 e. The Morgan fingerprint density at radius 2 is 1.97 bits per heavy atom. The van der Waals surface area contributed by atoms with Gasteiger partial charge in [0.25, 0.3) is 11.6 Å². The first-order valence-corrected chi connectivity index (χ1v) is 9.09. The van der Waals surface area contributed by atoms with Gasteiger partial charge in [-0.25, -0.2) is 4.39 Å². The van der Waals surface area contributed by atoms with Crippen LogP contribution in [0.4, 0.5) is 15.8 Å². The van der Waals surface area contributed by atoms with E-state index in [1.54, 1.807) is 31.5 Å². The van der Waals surface area contributed by atoms with E-state index in [9.17, 15) is 19.3 Å². The molecule has 150 valence electrons. The van der Waals surface area contributed by atoms with Gasteiger partial charge < -0.3 is 5.32 Å². The van der Waals surface area contributed by atoms with Crippen molar-refractivity contribution in [2.75, 3.05) is 5.32 Å². The maximum absolute atomic E-state index is 13.2. The summed E-state index contributed by atoms with van der Waals surface area (Å²) in [5, 5.41) is 18.6. The van der Waals surface area contributed by atoms with E-state index in [4.69, 9.17) is 11.6 Å². The summed E-state index contributed by atoms with van der Waals surface area (Å²) in [6, 6.07) is 8.45. The fourth-order valence-electron chi connectivity index (χ4n) is 2.98. The monoisotopic (exact) mass is 416 g/mol. The molecule has 0 aliphatic rings. The predicted octanol–water partition coefficient (Wildman–Crippen LogP) is 4.81. The number of nitrogens with one attached hydrogen (secondary N) is 1. The Bertz CT molecular complexity index is 1130. The third-order valence-electron chi connectivity index (χ3n) is 4.62. The molecular formula is C20H18ClFN4O3. The minimum Gasteiger partial charge on any atom is -0.319 e. The van der Waals surface area contributed by atoms with Crippen LogP contribution in [0.5, 0.6) is 0 Å². The zero-order chi connectivity index (χ0) is 21.3. The van der Waals surface area contributed by atoms with E-state index in [0.29, 0.717) is 34.7 Å². The Balaban J connectivity index is 1.86. The Labute approximate surface area is 171 Å². The summed E-state index contributed by atoms with van der Waals surface area (Å²) in [7, 11) is 0. The van der Waals surface area contributed by atoms with Crippen molar-refractivity contribution >= 4 is 28.9 Å². The Morgan fingerprint density at radius 3 is 2.62 bits per heavy atom. The molecule has 2 aromatic carbocycles. The summed E-state index contributed by atoms with van der Waals surface area (Å²) in [5.74, 6) is -0.897. The van der Waals surface area contributed by atoms with Gasteiger partial charge >= 0.3 is 0 Å². The first-order valence-electron chi connectivity index (χ1n) is 8.71. The molecular weight excluding hydrogens is 399 g/mol. The van der Waals surface area contributed by atoms with Crippen LogP contribution in [0.1, 0.15) is 32.9 Å². The van der Waals surface area contributed by atoms with Crippen LogP contribution in [-0.4, -0.2) is 20.6 Å². The standard InChI is InChI=1S/C20H18ClFN4O3/c1-11-4-5-14(8-18(11)26(28)29)20(27)23-19-12(2)24-25(13(19)3)10-15-6-7-16(22)9-17(15)21/h4-9H,10H2,1-3H3,(H,23,27). The average molecular weight is 417 g/mol. The Morgan fingerprint density at radius 1 is 1.24 bits per heavy atom. The number of halogens is 2. The molecule has 0 saturated heterocycles. The number of amides is 1. The van der Waals surface area contributed by atoms with Crippen molar-refractivity contribution in [3.63, 3.8) is 0 Å². The molecule has 3 rings (SSSR count). The lowest BCUT2D eigenvalue weighted by molar-refractivity contribution is -0.385. The highest BCUT2D eigenvalue weighted by Gasteiger charge is 2.19. The van der Waals surface area contributed by atoms with Gasteiger partial charge in [-0.15, -0.1) is 0 Å². The number of hydrogen-bond donors (Lipinski definition) is 1. The molecule has 0 atom stereocenters. The lowest BCUT2D eigenvalue weighted by atomic mass is 10.1. The maximum Gasteiger partial charge on any atom is 0.273 e. The lowest BCUT2D eigenvalue weighted by Crippen LogP contribution is -2.14. The molecule has 1 amide bonds. The molecule has 29 heavy (non-hydrogen) atoms. The second kappa shape index (κ2) is 8.00. The van der Waals surface area contributed by atoms with Crippen molar-refractivity contribution in [2.24, 2.45) is 0 Å². The van der Waals surface area contributed by atoms with Crippen molar-refractivity contribution < 1.29 is 14.1 Å². The van der Waals surface area contributed by atoms with Crippen molar-refractivity contribution in [3.05, 3.63) is 85.4 Å². The summed E-state index contributed by atoms with van der Waals surface area (Å²) in [6.07, 6.45) is 0. The Kier molecular flexibility index (Phi) is 5.65. The van der Waals surface area contributed by atoms with Gasteiger partial charge in [0.1, 0.15) is 5.82 Å². The van der Waals surface area contributed by atoms with Crippen LogP contribution in [0.3, 0.4) is 0 Å². The third-order valence-corrected chi connectivity index (χ3v) is 4.98. The fraction of sp³-hybridized carbons (Fsp3) is 0.200. The highest BCUT2D eigenvalue weighted by molar-refractivity contribution is 6.31. The number of benzene rings is 2. The summed E-state index contributed by atoms with van der Waals surface area (Å²) in [4.78, 5) is 23.2. The molecule has 1 N–H and O–H groups in total. The van der Waals surface area contributed by atoms with E-state index >= 15 is 0 Å². The average Bonchev–Trinajstić information content (AvgIpc) is 2.91. The van der Waals surface area contributed by atoms with Gasteiger partial charge in [0, 0.05) is 22.2 Å². The number of anilines is 1. The maximum atomic E-state index is 13.2. The Hall–Kier alpha value is -3.26. The number of rotatable bonds is 5. The number of aromatic nitrogens is 2. The fourth-order valence-corrected chi connectivity index (χ4v) is 3.20. The minimum atomic E-state index is -0.521. The molecule has 1 aromatic heterocycles. The van der Waals surface area contributed by atoms with Crippen molar-refractivity contribution in [3.8, 4) is 0 Å². The zero-order valence-corrected chi connectivity index (χ0v) is 16.7. The predicted molar refractivity (Wildman–Crippen MR) is 108 cm³/mol. The molecule has 0 fully saturated rings. The summed E-state index contributed by atoms with van der Waals surface area (Å²) >= 11 is 6.09. The number of carbonyl (C=O) groups is 1. The van der Waals surface area contributed by atoms with Crippen LogP contribution >= 0.6 is 11.6 Å². The van der Waals surface area contributed by atoms with E-state index in [-0.39, 0.29) is 16.3 Å². The van der Waals surface area contributed by atoms with Crippen LogP contribution in [0.15, 0.2) is 36.4 Å². The summed E-state index contributed by atoms with van der Waals surface area (Å²) in [6.45, 7) is 5.43. The molecule has 0 saturated carbocycles. The SMILES string of the molecule is Cc1ccc(C(=O)Nc2c(C)nn(Cc3ccc(F)cc3Cl)c2C)cc1[N+](=O)[O-]. The van der Waals surface area contributed by atoms with Crippen molar-refractivity contribution in [2.45, 2.75) is 27.3 Å². The molecule has 0 bridgehead atoms. The lowest BCUT2D eigenvalue weighted by Gasteiger charge is -2.09. The molecule has 0 aliphatic heterocycles. The normalized spacial score (nSPS) is 10.8. The van der Waals surface area contributed by atoms with Crippen LogP contribution in [0, 0.1) is 36.7 Å². The van der Waals surface area contributed by atoms with Crippen LogP contribution in [-0.2, 0) is 6.54 Å². The van der Waals surface area contributed by atoms with Gasteiger partial charge in [0.05, 0.1) is 28.5 Å². The number of aryl methyl sites for hydroxylation is 2. The molecule has 0 spiro atoms. The second-order valence-electron chi connectivity index (χ2n) is 6.65. The van der Waals surface area contributed by atoms with Gasteiger partial charge in [0.15, 0.2) is 0 Å². The number of nitro groups is 1.